The summed E-state index contributed by atoms with van der Waals surface area (Å²) in [7, 11) is 0. The van der Waals surface area contributed by atoms with Gasteiger partial charge in [-0.05, 0) is 49.5 Å². The van der Waals surface area contributed by atoms with E-state index in [1.807, 2.05) is 23.5 Å². The van der Waals surface area contributed by atoms with Crippen molar-refractivity contribution in [1.82, 2.24) is 20.1 Å². The van der Waals surface area contributed by atoms with Gasteiger partial charge in [0.05, 0.1) is 0 Å². The highest BCUT2D eigenvalue weighted by Gasteiger charge is 2.25. The van der Waals surface area contributed by atoms with Crippen molar-refractivity contribution in [2.75, 3.05) is 13.1 Å². The Hall–Kier alpha value is -2.05. The Labute approximate surface area is 139 Å². The summed E-state index contributed by atoms with van der Waals surface area (Å²) in [5.41, 5.74) is 0.925. The molecule has 0 amide bonds. The van der Waals surface area contributed by atoms with Crippen LogP contribution in [0.4, 0.5) is 0 Å². The van der Waals surface area contributed by atoms with E-state index in [-0.39, 0.29) is 0 Å². The molecule has 6 heteroatoms. The van der Waals surface area contributed by atoms with Crippen molar-refractivity contribution in [2.24, 2.45) is 0 Å². The van der Waals surface area contributed by atoms with Gasteiger partial charge in [0.15, 0.2) is 0 Å². The lowest BCUT2D eigenvalue weighted by molar-refractivity contribution is 0.194. The highest BCUT2D eigenvalue weighted by atomic mass is 32.1. The maximum absolute atomic E-state index is 5.88. The number of pyridine rings is 1. The van der Waals surface area contributed by atoms with Gasteiger partial charge in [0.2, 0.25) is 11.8 Å². The van der Waals surface area contributed by atoms with Gasteiger partial charge in [-0.25, -0.2) is 0 Å². The van der Waals surface area contributed by atoms with Gasteiger partial charge in [-0.3, -0.25) is 9.88 Å². The van der Waals surface area contributed by atoms with E-state index in [0.29, 0.717) is 11.8 Å². The zero-order valence-electron chi connectivity index (χ0n) is 12.8. The van der Waals surface area contributed by atoms with Crippen LogP contribution in [0.2, 0.25) is 0 Å². The van der Waals surface area contributed by atoms with Crippen molar-refractivity contribution in [3.8, 4) is 11.5 Å². The normalized spacial score (nSPS) is 16.7. The van der Waals surface area contributed by atoms with Crippen molar-refractivity contribution < 1.29 is 4.42 Å². The molecule has 1 saturated heterocycles. The molecule has 4 heterocycles. The number of thiophene rings is 1. The minimum Gasteiger partial charge on any atom is -0.420 e. The number of likely N-dealkylation sites (tertiary alicyclic amines) is 1. The summed E-state index contributed by atoms with van der Waals surface area (Å²) in [4.78, 5) is 7.95. The first-order valence-corrected chi connectivity index (χ1v) is 8.75. The summed E-state index contributed by atoms with van der Waals surface area (Å²) in [6.07, 6.45) is 5.62. The van der Waals surface area contributed by atoms with Gasteiger partial charge >= 0.3 is 0 Å². The quantitative estimate of drug-likeness (QED) is 0.733. The molecule has 0 aromatic carbocycles. The lowest BCUT2D eigenvalue weighted by Crippen LogP contribution is -2.32. The Morgan fingerprint density at radius 2 is 1.96 bits per heavy atom. The molecule has 118 valence electrons. The Morgan fingerprint density at radius 1 is 1.13 bits per heavy atom. The maximum Gasteiger partial charge on any atom is 0.247 e. The second-order valence-electron chi connectivity index (χ2n) is 5.81. The molecule has 5 nitrogen and oxygen atoms in total. The number of hydrogen-bond donors (Lipinski definition) is 0. The van der Waals surface area contributed by atoms with Gasteiger partial charge in [-0.15, -0.1) is 21.5 Å². The van der Waals surface area contributed by atoms with Crippen molar-refractivity contribution in [2.45, 2.75) is 25.3 Å². The summed E-state index contributed by atoms with van der Waals surface area (Å²) in [5, 5.41) is 10.6. The van der Waals surface area contributed by atoms with Crippen LogP contribution in [0.1, 0.15) is 29.5 Å². The van der Waals surface area contributed by atoms with E-state index in [1.165, 1.54) is 4.88 Å². The van der Waals surface area contributed by atoms with Gasteiger partial charge in [0.1, 0.15) is 0 Å². The fraction of sp³-hybridized carbons (Fsp3) is 0.353. The van der Waals surface area contributed by atoms with Crippen molar-refractivity contribution in [3.05, 3.63) is 52.8 Å². The predicted octanol–water partition coefficient (Wildman–Crippen LogP) is 3.57. The highest BCUT2D eigenvalue weighted by molar-refractivity contribution is 7.09. The second-order valence-corrected chi connectivity index (χ2v) is 6.84. The second kappa shape index (κ2) is 6.60. The van der Waals surface area contributed by atoms with Crippen LogP contribution in [0.3, 0.4) is 0 Å². The van der Waals surface area contributed by atoms with Crippen LogP contribution in [-0.2, 0) is 6.54 Å². The molecule has 23 heavy (non-hydrogen) atoms. The molecular weight excluding hydrogens is 308 g/mol. The summed E-state index contributed by atoms with van der Waals surface area (Å²) in [6, 6.07) is 8.10. The van der Waals surface area contributed by atoms with E-state index in [1.54, 1.807) is 12.4 Å². The number of nitrogens with zero attached hydrogens (tertiary/aromatic N) is 4. The Kier molecular flexibility index (Phi) is 4.17. The standard InChI is InChI=1S/C17H18N4OS/c1-2-15(23-11-1)12-21-9-5-14(6-10-21)17-20-19-16(22-17)13-3-7-18-8-4-13/h1-4,7-8,11,14H,5-6,9-10,12H2. The van der Waals surface area contributed by atoms with Gasteiger partial charge in [0.25, 0.3) is 0 Å². The maximum atomic E-state index is 5.88. The van der Waals surface area contributed by atoms with E-state index in [0.717, 1.165) is 43.9 Å². The topological polar surface area (TPSA) is 55.1 Å². The third kappa shape index (κ3) is 3.33. The van der Waals surface area contributed by atoms with Gasteiger partial charge in [-0.2, -0.15) is 0 Å². The van der Waals surface area contributed by atoms with Crippen LogP contribution in [0, 0.1) is 0 Å². The molecule has 1 fully saturated rings. The Balaban J connectivity index is 1.38. The van der Waals surface area contributed by atoms with Crippen LogP contribution >= 0.6 is 11.3 Å². The molecule has 0 N–H and O–H groups in total. The molecule has 1 aliphatic rings. The van der Waals surface area contributed by atoms with Crippen LogP contribution < -0.4 is 0 Å². The monoisotopic (exact) mass is 326 g/mol. The van der Waals surface area contributed by atoms with Crippen LogP contribution in [-0.4, -0.2) is 33.2 Å². The zero-order chi connectivity index (χ0) is 15.5. The zero-order valence-corrected chi connectivity index (χ0v) is 13.6. The third-order valence-electron chi connectivity index (χ3n) is 4.26. The highest BCUT2D eigenvalue weighted by Crippen LogP contribution is 2.30. The average molecular weight is 326 g/mol. The van der Waals surface area contributed by atoms with E-state index in [4.69, 9.17) is 4.42 Å². The summed E-state index contributed by atoms with van der Waals surface area (Å²) < 4.78 is 5.88. The first-order valence-electron chi connectivity index (χ1n) is 7.87. The van der Waals surface area contributed by atoms with Gasteiger partial charge in [0, 0.05) is 35.3 Å². The number of hydrogen-bond acceptors (Lipinski definition) is 6. The lowest BCUT2D eigenvalue weighted by Gasteiger charge is -2.29. The summed E-state index contributed by atoms with van der Waals surface area (Å²) in [6.45, 7) is 3.21. The molecule has 4 rings (SSSR count). The van der Waals surface area contributed by atoms with Gasteiger partial charge < -0.3 is 4.42 Å². The summed E-state index contributed by atoms with van der Waals surface area (Å²) >= 11 is 1.83. The smallest absolute Gasteiger partial charge is 0.247 e. The molecule has 0 saturated carbocycles. The fourth-order valence-corrected chi connectivity index (χ4v) is 3.72. The van der Waals surface area contributed by atoms with Crippen molar-refractivity contribution in [3.63, 3.8) is 0 Å². The molecule has 0 atom stereocenters. The molecule has 0 spiro atoms. The van der Waals surface area contributed by atoms with E-state index < -0.39 is 0 Å². The molecule has 3 aromatic rings. The number of aromatic nitrogens is 3. The minimum atomic E-state index is 0.373. The fourth-order valence-electron chi connectivity index (χ4n) is 2.97. The third-order valence-corrected chi connectivity index (χ3v) is 5.13. The molecule has 0 radical (unpaired) electrons. The number of piperidine rings is 1. The Morgan fingerprint density at radius 3 is 2.70 bits per heavy atom. The molecule has 0 unspecified atom stereocenters. The van der Waals surface area contributed by atoms with Crippen LogP contribution in [0.5, 0.6) is 0 Å². The Bertz CT molecular complexity index is 733. The molecule has 0 aliphatic carbocycles. The average Bonchev–Trinajstić information content (AvgIpc) is 3.28. The van der Waals surface area contributed by atoms with Crippen molar-refractivity contribution in [1.29, 1.82) is 0 Å². The molecule has 0 bridgehead atoms. The van der Waals surface area contributed by atoms with Crippen molar-refractivity contribution >= 4 is 11.3 Å². The minimum absolute atomic E-state index is 0.373. The van der Waals surface area contributed by atoms with E-state index >= 15 is 0 Å². The predicted molar refractivity (Wildman–Crippen MR) is 89.1 cm³/mol. The van der Waals surface area contributed by atoms with E-state index in [9.17, 15) is 0 Å². The van der Waals surface area contributed by atoms with Gasteiger partial charge in [-0.1, -0.05) is 6.07 Å². The largest absolute Gasteiger partial charge is 0.420 e. The van der Waals surface area contributed by atoms with Crippen LogP contribution in [0.15, 0.2) is 46.5 Å². The number of rotatable bonds is 4. The van der Waals surface area contributed by atoms with E-state index in [2.05, 4.69) is 37.6 Å². The molecular formula is C17H18N4OS. The first-order chi connectivity index (χ1) is 11.4. The molecule has 1 aliphatic heterocycles. The molecule has 3 aromatic heterocycles. The SMILES string of the molecule is c1csc(CN2CCC(c3nnc(-c4ccncc4)o3)CC2)c1. The lowest BCUT2D eigenvalue weighted by atomic mass is 9.97. The summed E-state index contributed by atoms with van der Waals surface area (Å²) in [5.74, 6) is 1.73. The van der Waals surface area contributed by atoms with Crippen LogP contribution in [0.25, 0.3) is 11.5 Å². The first kappa shape index (κ1) is 14.5.